The molecule has 1 atom stereocenters. The number of rotatable bonds is 1. The summed E-state index contributed by atoms with van der Waals surface area (Å²) < 4.78 is 18.6. The van der Waals surface area contributed by atoms with Crippen molar-refractivity contribution in [1.29, 1.82) is 0 Å². The number of hydrogen-bond acceptors (Lipinski definition) is 2. The smallest absolute Gasteiger partial charge is 0.134 e. The van der Waals surface area contributed by atoms with Crippen molar-refractivity contribution in [2.75, 3.05) is 0 Å². The summed E-state index contributed by atoms with van der Waals surface area (Å²) in [4.78, 5) is 0. The molecule has 0 saturated heterocycles. The second-order valence-corrected chi connectivity index (χ2v) is 4.57. The van der Waals surface area contributed by atoms with Crippen molar-refractivity contribution in [3.8, 4) is 11.3 Å². The molecule has 0 bridgehead atoms. The molecule has 1 aliphatic rings. The Labute approximate surface area is 99.2 Å². The molecular formula is C14H14FNO. The zero-order valence-corrected chi connectivity index (χ0v) is 9.45. The molecule has 17 heavy (non-hydrogen) atoms. The van der Waals surface area contributed by atoms with Gasteiger partial charge in [-0.25, -0.2) is 4.39 Å². The second-order valence-electron chi connectivity index (χ2n) is 4.57. The third-order valence-corrected chi connectivity index (χ3v) is 3.26. The standard InChI is InChI=1S/C14H14FNO/c15-11-4-1-9(2-5-11)13-7-10-3-6-12(16)8-14(10)17-13/h1-2,4-5,7,12H,3,6,8,16H2. The molecule has 0 radical (unpaired) electrons. The average Bonchev–Trinajstić information content (AvgIpc) is 2.72. The Kier molecular flexibility index (Phi) is 2.48. The van der Waals surface area contributed by atoms with Gasteiger partial charge >= 0.3 is 0 Å². The monoisotopic (exact) mass is 231 g/mol. The van der Waals surface area contributed by atoms with E-state index in [-0.39, 0.29) is 11.9 Å². The Morgan fingerprint density at radius 2 is 2.00 bits per heavy atom. The number of furan rings is 1. The minimum Gasteiger partial charge on any atom is -0.461 e. The molecule has 1 unspecified atom stereocenters. The number of nitrogens with two attached hydrogens (primary N) is 1. The highest BCUT2D eigenvalue weighted by Crippen LogP contribution is 2.30. The Morgan fingerprint density at radius 1 is 1.24 bits per heavy atom. The van der Waals surface area contributed by atoms with E-state index in [0.29, 0.717) is 0 Å². The maximum atomic E-state index is 12.8. The lowest BCUT2D eigenvalue weighted by atomic mass is 9.94. The van der Waals surface area contributed by atoms with Crippen LogP contribution in [0.25, 0.3) is 11.3 Å². The number of aryl methyl sites for hydroxylation is 1. The average molecular weight is 231 g/mol. The van der Waals surface area contributed by atoms with Crippen molar-refractivity contribution in [1.82, 2.24) is 0 Å². The number of benzene rings is 1. The quantitative estimate of drug-likeness (QED) is 0.819. The molecule has 88 valence electrons. The first-order valence-electron chi connectivity index (χ1n) is 5.85. The molecule has 1 aliphatic carbocycles. The van der Waals surface area contributed by atoms with Crippen molar-refractivity contribution in [3.63, 3.8) is 0 Å². The SMILES string of the molecule is NC1CCc2cc(-c3ccc(F)cc3)oc2C1. The first kappa shape index (κ1) is 10.5. The van der Waals surface area contributed by atoms with Gasteiger partial charge in [-0.1, -0.05) is 0 Å². The normalized spacial score (nSPS) is 19.1. The molecule has 0 aliphatic heterocycles. The molecule has 2 nitrogen and oxygen atoms in total. The van der Waals surface area contributed by atoms with Crippen LogP contribution in [0.5, 0.6) is 0 Å². The van der Waals surface area contributed by atoms with Crippen molar-refractivity contribution in [3.05, 3.63) is 47.5 Å². The van der Waals surface area contributed by atoms with Gasteiger partial charge < -0.3 is 10.2 Å². The van der Waals surface area contributed by atoms with Crippen LogP contribution in [-0.4, -0.2) is 6.04 Å². The molecule has 2 aromatic rings. The second kappa shape index (κ2) is 4.00. The zero-order valence-electron chi connectivity index (χ0n) is 9.45. The van der Waals surface area contributed by atoms with E-state index in [4.69, 9.17) is 10.2 Å². The van der Waals surface area contributed by atoms with Crippen LogP contribution in [0.3, 0.4) is 0 Å². The van der Waals surface area contributed by atoms with E-state index < -0.39 is 0 Å². The van der Waals surface area contributed by atoms with Gasteiger partial charge in [-0.15, -0.1) is 0 Å². The van der Waals surface area contributed by atoms with E-state index in [1.54, 1.807) is 12.1 Å². The Morgan fingerprint density at radius 3 is 2.76 bits per heavy atom. The number of halogens is 1. The van der Waals surface area contributed by atoms with Crippen LogP contribution in [0, 0.1) is 5.82 Å². The molecule has 2 N–H and O–H groups in total. The van der Waals surface area contributed by atoms with Gasteiger partial charge in [-0.3, -0.25) is 0 Å². The van der Waals surface area contributed by atoms with Crippen molar-refractivity contribution in [2.45, 2.75) is 25.3 Å². The molecule has 0 spiro atoms. The number of fused-ring (bicyclic) bond motifs is 1. The highest BCUT2D eigenvalue weighted by atomic mass is 19.1. The van der Waals surface area contributed by atoms with E-state index in [2.05, 4.69) is 6.07 Å². The summed E-state index contributed by atoms with van der Waals surface area (Å²) in [6.07, 6.45) is 2.78. The van der Waals surface area contributed by atoms with Crippen LogP contribution in [0.1, 0.15) is 17.7 Å². The van der Waals surface area contributed by atoms with Crippen molar-refractivity contribution in [2.24, 2.45) is 5.73 Å². The minimum atomic E-state index is -0.230. The van der Waals surface area contributed by atoms with Crippen LogP contribution < -0.4 is 5.73 Å². The third-order valence-electron chi connectivity index (χ3n) is 3.26. The maximum absolute atomic E-state index is 12.8. The molecule has 3 heteroatoms. The first-order chi connectivity index (χ1) is 8.22. The van der Waals surface area contributed by atoms with Gasteiger partial charge in [-0.2, -0.15) is 0 Å². The zero-order chi connectivity index (χ0) is 11.8. The highest BCUT2D eigenvalue weighted by molar-refractivity contribution is 5.59. The molecule has 0 amide bonds. The van der Waals surface area contributed by atoms with Crippen LogP contribution in [0.15, 0.2) is 34.7 Å². The van der Waals surface area contributed by atoms with Gasteiger partial charge in [-0.05, 0) is 48.7 Å². The van der Waals surface area contributed by atoms with Gasteiger partial charge in [0.2, 0.25) is 0 Å². The summed E-state index contributed by atoms with van der Waals surface area (Å²) in [6.45, 7) is 0. The molecule has 1 aromatic carbocycles. The largest absolute Gasteiger partial charge is 0.461 e. The molecule has 1 heterocycles. The fourth-order valence-corrected chi connectivity index (χ4v) is 2.29. The summed E-state index contributed by atoms with van der Waals surface area (Å²) in [6, 6.07) is 8.62. The lowest BCUT2D eigenvalue weighted by molar-refractivity contribution is 0.457. The van der Waals surface area contributed by atoms with E-state index in [1.807, 2.05) is 0 Å². The van der Waals surface area contributed by atoms with Gasteiger partial charge in [0.25, 0.3) is 0 Å². The fraction of sp³-hybridized carbons (Fsp3) is 0.286. The van der Waals surface area contributed by atoms with E-state index in [9.17, 15) is 4.39 Å². The van der Waals surface area contributed by atoms with E-state index in [1.165, 1.54) is 17.7 Å². The van der Waals surface area contributed by atoms with Gasteiger partial charge in [0, 0.05) is 18.0 Å². The molecule has 0 saturated carbocycles. The van der Waals surface area contributed by atoms with Gasteiger partial charge in [0.15, 0.2) is 0 Å². The Bertz CT molecular complexity index is 530. The fourth-order valence-electron chi connectivity index (χ4n) is 2.29. The summed E-state index contributed by atoms with van der Waals surface area (Å²) in [5.74, 6) is 1.57. The predicted octanol–water partition coefficient (Wildman–Crippen LogP) is 2.90. The third kappa shape index (κ3) is 1.98. The van der Waals surface area contributed by atoms with Crippen molar-refractivity contribution < 1.29 is 8.81 Å². The summed E-state index contributed by atoms with van der Waals surface area (Å²) >= 11 is 0. The van der Waals surface area contributed by atoms with Gasteiger partial charge in [0.1, 0.15) is 17.3 Å². The molecule has 1 aromatic heterocycles. The molecule has 0 fully saturated rings. The Balaban J connectivity index is 1.97. The van der Waals surface area contributed by atoms with Crippen LogP contribution >= 0.6 is 0 Å². The lowest BCUT2D eigenvalue weighted by Gasteiger charge is -2.15. The lowest BCUT2D eigenvalue weighted by Crippen LogP contribution is -2.26. The van der Waals surface area contributed by atoms with Crippen LogP contribution in [0.4, 0.5) is 4.39 Å². The van der Waals surface area contributed by atoms with Crippen molar-refractivity contribution >= 4 is 0 Å². The highest BCUT2D eigenvalue weighted by Gasteiger charge is 2.20. The number of hydrogen-bond donors (Lipinski definition) is 1. The molecule has 3 rings (SSSR count). The van der Waals surface area contributed by atoms with Gasteiger partial charge in [0.05, 0.1) is 0 Å². The summed E-state index contributed by atoms with van der Waals surface area (Å²) in [5, 5.41) is 0. The Hall–Kier alpha value is -1.61. The molecular weight excluding hydrogens is 217 g/mol. The summed E-state index contributed by atoms with van der Waals surface area (Å²) in [7, 11) is 0. The topological polar surface area (TPSA) is 39.2 Å². The first-order valence-corrected chi connectivity index (χ1v) is 5.85. The predicted molar refractivity (Wildman–Crippen MR) is 64.1 cm³/mol. The summed E-state index contributed by atoms with van der Waals surface area (Å²) in [5.41, 5.74) is 8.06. The maximum Gasteiger partial charge on any atom is 0.134 e. The van der Waals surface area contributed by atoms with E-state index >= 15 is 0 Å². The minimum absolute atomic E-state index is 0.203. The van der Waals surface area contributed by atoms with Crippen LogP contribution in [-0.2, 0) is 12.8 Å². The van der Waals surface area contributed by atoms with E-state index in [0.717, 1.165) is 36.3 Å². The van der Waals surface area contributed by atoms with Crippen LogP contribution in [0.2, 0.25) is 0 Å².